The van der Waals surface area contributed by atoms with Crippen LogP contribution in [0.5, 0.6) is 5.75 Å². The highest BCUT2D eigenvalue weighted by molar-refractivity contribution is 5.93. The van der Waals surface area contributed by atoms with E-state index in [2.05, 4.69) is 36.3 Å². The van der Waals surface area contributed by atoms with E-state index in [1.807, 2.05) is 42.6 Å². The molecule has 2 fully saturated rings. The predicted octanol–water partition coefficient (Wildman–Crippen LogP) is 6.39. The van der Waals surface area contributed by atoms with Gasteiger partial charge in [-0.2, -0.15) is 10.2 Å². The third-order valence-corrected chi connectivity index (χ3v) is 7.87. The van der Waals surface area contributed by atoms with Gasteiger partial charge in [-0.3, -0.25) is 0 Å². The Morgan fingerprint density at radius 3 is 2.77 bits per heavy atom. The van der Waals surface area contributed by atoms with Crippen molar-refractivity contribution in [3.63, 3.8) is 0 Å². The number of phenols is 1. The summed E-state index contributed by atoms with van der Waals surface area (Å²) in [7, 11) is 0. The van der Waals surface area contributed by atoms with E-state index >= 15 is 0 Å². The molecule has 3 heteroatoms. The highest BCUT2D eigenvalue weighted by Crippen LogP contribution is 2.60. The molecule has 5 rings (SSSR count). The molecule has 2 aromatic carbocycles. The van der Waals surface area contributed by atoms with E-state index in [1.165, 1.54) is 48.1 Å². The van der Waals surface area contributed by atoms with E-state index in [9.17, 15) is 5.11 Å². The first-order chi connectivity index (χ1) is 14.6. The van der Waals surface area contributed by atoms with Crippen LogP contribution in [0.15, 0.2) is 64.8 Å². The van der Waals surface area contributed by atoms with Crippen molar-refractivity contribution in [2.24, 2.45) is 27.5 Å². The summed E-state index contributed by atoms with van der Waals surface area (Å²) >= 11 is 0. The second-order valence-electron chi connectivity index (χ2n) is 9.37. The molecular weight excluding hydrogens is 368 g/mol. The molecule has 0 heterocycles. The highest BCUT2D eigenvalue weighted by atomic mass is 16.3. The third-order valence-electron chi connectivity index (χ3n) is 7.87. The topological polar surface area (TPSA) is 45.0 Å². The van der Waals surface area contributed by atoms with Crippen LogP contribution in [-0.2, 0) is 6.42 Å². The number of rotatable bonds is 3. The molecule has 4 atom stereocenters. The van der Waals surface area contributed by atoms with Gasteiger partial charge < -0.3 is 5.11 Å². The van der Waals surface area contributed by atoms with Gasteiger partial charge in [0, 0.05) is 17.3 Å². The summed E-state index contributed by atoms with van der Waals surface area (Å²) in [6, 6.07) is 16.3. The number of aromatic hydroxyl groups is 1. The molecule has 0 aliphatic heterocycles. The lowest BCUT2D eigenvalue weighted by atomic mass is 9.55. The zero-order valence-electron chi connectivity index (χ0n) is 17.7. The molecule has 2 aromatic rings. The maximum atomic E-state index is 9.86. The van der Waals surface area contributed by atoms with Gasteiger partial charge >= 0.3 is 0 Å². The van der Waals surface area contributed by atoms with Crippen molar-refractivity contribution >= 4 is 18.0 Å². The molecule has 2 saturated carbocycles. The highest BCUT2D eigenvalue weighted by Gasteiger charge is 2.53. The Hall–Kier alpha value is -2.68. The van der Waals surface area contributed by atoms with Crippen molar-refractivity contribution in [2.45, 2.75) is 51.4 Å². The second-order valence-corrected chi connectivity index (χ2v) is 9.37. The van der Waals surface area contributed by atoms with Crippen molar-refractivity contribution in [2.75, 3.05) is 0 Å². The van der Waals surface area contributed by atoms with Gasteiger partial charge in [0.05, 0.1) is 0 Å². The van der Waals surface area contributed by atoms with E-state index in [-0.39, 0.29) is 5.41 Å². The predicted molar refractivity (Wildman–Crippen MR) is 124 cm³/mol. The molecule has 1 N–H and O–H groups in total. The largest absolute Gasteiger partial charge is 0.508 e. The summed E-state index contributed by atoms with van der Waals surface area (Å²) in [6.45, 7) is 2.43. The normalized spacial score (nSPS) is 31.8. The van der Waals surface area contributed by atoms with Crippen LogP contribution >= 0.6 is 0 Å². The lowest BCUT2D eigenvalue weighted by Gasteiger charge is -2.49. The van der Waals surface area contributed by atoms with Gasteiger partial charge in [-0.05, 0) is 91.2 Å². The van der Waals surface area contributed by atoms with Crippen LogP contribution in [0.2, 0.25) is 0 Å². The lowest BCUT2D eigenvalue weighted by molar-refractivity contribution is 0.0955. The molecule has 0 amide bonds. The average molecular weight is 399 g/mol. The first kappa shape index (κ1) is 19.3. The minimum absolute atomic E-state index is 0.191. The summed E-state index contributed by atoms with van der Waals surface area (Å²) < 4.78 is 0. The van der Waals surface area contributed by atoms with Crippen molar-refractivity contribution in [1.82, 2.24) is 0 Å². The molecule has 3 aliphatic carbocycles. The number of fused-ring (bicyclic) bond motifs is 5. The molecule has 0 aromatic heterocycles. The van der Waals surface area contributed by atoms with Crippen molar-refractivity contribution in [1.29, 1.82) is 0 Å². The van der Waals surface area contributed by atoms with Crippen LogP contribution in [0.4, 0.5) is 0 Å². The first-order valence-corrected chi connectivity index (χ1v) is 11.3. The summed E-state index contributed by atoms with van der Waals surface area (Å²) in [4.78, 5) is 0. The Bertz CT molecular complexity index is 1010. The molecule has 4 unspecified atom stereocenters. The molecule has 0 radical (unpaired) electrons. The van der Waals surface area contributed by atoms with Crippen molar-refractivity contribution in [3.05, 3.63) is 71.3 Å². The van der Waals surface area contributed by atoms with Crippen LogP contribution in [0.3, 0.4) is 0 Å². The summed E-state index contributed by atoms with van der Waals surface area (Å²) in [5, 5.41) is 19.0. The Morgan fingerprint density at radius 1 is 1.03 bits per heavy atom. The molecule has 0 saturated heterocycles. The lowest BCUT2D eigenvalue weighted by Crippen LogP contribution is -2.42. The van der Waals surface area contributed by atoms with Gasteiger partial charge in [0.2, 0.25) is 0 Å². The number of benzene rings is 2. The SMILES string of the molecule is CC12CCC3c4ccc(O)cc4CCC3C1CCC2=NN=CC=Cc1ccccc1. The van der Waals surface area contributed by atoms with Crippen LogP contribution in [0, 0.1) is 17.3 Å². The molecule has 154 valence electrons. The zero-order valence-corrected chi connectivity index (χ0v) is 17.7. The van der Waals surface area contributed by atoms with Gasteiger partial charge in [-0.25, -0.2) is 0 Å². The number of phenolic OH excluding ortho intramolecular Hbond substituents is 1. The summed E-state index contributed by atoms with van der Waals surface area (Å²) in [6.07, 6.45) is 12.9. The molecular formula is C27H30N2O. The molecule has 3 aliphatic rings. The Kier molecular flexibility index (Phi) is 5.06. The van der Waals surface area contributed by atoms with Crippen LogP contribution in [0.25, 0.3) is 6.08 Å². The number of nitrogens with zero attached hydrogens (tertiary/aromatic N) is 2. The van der Waals surface area contributed by atoms with Crippen molar-refractivity contribution in [3.8, 4) is 5.75 Å². The van der Waals surface area contributed by atoms with E-state index in [0.717, 1.165) is 18.8 Å². The van der Waals surface area contributed by atoms with E-state index in [0.29, 0.717) is 17.6 Å². The van der Waals surface area contributed by atoms with Gasteiger partial charge in [-0.15, -0.1) is 0 Å². The number of aryl methyl sites for hydroxylation is 1. The Labute approximate surface area is 179 Å². The van der Waals surface area contributed by atoms with E-state index in [1.54, 1.807) is 0 Å². The van der Waals surface area contributed by atoms with Gasteiger partial charge in [0.15, 0.2) is 0 Å². The second kappa shape index (κ2) is 7.86. The van der Waals surface area contributed by atoms with E-state index in [4.69, 9.17) is 5.10 Å². The van der Waals surface area contributed by atoms with Crippen molar-refractivity contribution < 1.29 is 5.11 Å². The molecule has 30 heavy (non-hydrogen) atoms. The monoisotopic (exact) mass is 398 g/mol. The molecule has 0 bridgehead atoms. The minimum Gasteiger partial charge on any atom is -0.508 e. The number of hydrogen-bond donors (Lipinski definition) is 1. The summed E-state index contributed by atoms with van der Waals surface area (Å²) in [5.74, 6) is 2.48. The van der Waals surface area contributed by atoms with Gasteiger partial charge in [-0.1, -0.05) is 49.4 Å². The summed E-state index contributed by atoms with van der Waals surface area (Å²) in [5.41, 5.74) is 5.51. The fraction of sp³-hybridized carbons (Fsp3) is 0.407. The third kappa shape index (κ3) is 3.40. The molecule has 0 spiro atoms. The zero-order chi connectivity index (χ0) is 20.6. The van der Waals surface area contributed by atoms with E-state index < -0.39 is 0 Å². The number of allylic oxidation sites excluding steroid dienone is 1. The molecule has 3 nitrogen and oxygen atoms in total. The standard InChI is InChI=1S/C27H30N2O/c1-27-16-15-23-22-12-10-21(30)18-20(22)9-11-24(23)25(27)13-14-26(27)29-28-17-5-8-19-6-3-2-4-7-19/h2-8,10,12,17-18,23-25,30H,9,11,13-16H2,1H3. The minimum atomic E-state index is 0.191. The van der Waals surface area contributed by atoms with Crippen LogP contribution in [0.1, 0.15) is 61.6 Å². The van der Waals surface area contributed by atoms with Gasteiger partial charge in [0.25, 0.3) is 0 Å². The quantitative estimate of drug-likeness (QED) is 0.472. The average Bonchev–Trinajstić information content (AvgIpc) is 3.10. The maximum Gasteiger partial charge on any atom is 0.115 e. The fourth-order valence-electron chi connectivity index (χ4n) is 6.38. The van der Waals surface area contributed by atoms with Gasteiger partial charge in [0.1, 0.15) is 5.75 Å². The Balaban J connectivity index is 1.32. The van der Waals surface area contributed by atoms with Crippen LogP contribution < -0.4 is 0 Å². The smallest absolute Gasteiger partial charge is 0.115 e. The fourth-order valence-corrected chi connectivity index (χ4v) is 6.38. The maximum absolute atomic E-state index is 9.86. The Morgan fingerprint density at radius 2 is 1.90 bits per heavy atom. The number of hydrogen-bond acceptors (Lipinski definition) is 3. The first-order valence-electron chi connectivity index (χ1n) is 11.3. The van der Waals surface area contributed by atoms with Crippen LogP contribution in [-0.4, -0.2) is 17.0 Å².